The molecule has 21 heavy (non-hydrogen) atoms. The molecule has 1 heterocycles. The predicted octanol–water partition coefficient (Wildman–Crippen LogP) is 0.400. The van der Waals surface area contributed by atoms with E-state index in [1.165, 1.54) is 23.7 Å². The number of nitrogens with two attached hydrogens (primary N) is 1. The monoisotopic (exact) mass is 310 g/mol. The molecule has 0 unspecified atom stereocenters. The van der Waals surface area contributed by atoms with Gasteiger partial charge in [0.2, 0.25) is 14.9 Å². The average molecular weight is 310 g/mol. The zero-order valence-corrected chi connectivity index (χ0v) is 12.0. The van der Waals surface area contributed by atoms with Crippen LogP contribution in [0.3, 0.4) is 0 Å². The van der Waals surface area contributed by atoms with Crippen molar-refractivity contribution in [2.45, 2.75) is 18.5 Å². The molecule has 0 fully saturated rings. The Labute approximate surface area is 121 Å². The van der Waals surface area contributed by atoms with E-state index in [1.54, 1.807) is 12.1 Å². The van der Waals surface area contributed by atoms with Crippen LogP contribution in [0, 0.1) is 0 Å². The molecule has 0 saturated heterocycles. The third kappa shape index (κ3) is 3.02. The highest BCUT2D eigenvalue weighted by Gasteiger charge is 2.22. The molecule has 9 heteroatoms. The Morgan fingerprint density at radius 2 is 2.14 bits per heavy atom. The lowest BCUT2D eigenvalue weighted by Crippen LogP contribution is -2.10. The minimum Gasteiger partial charge on any atom is -0.478 e. The number of sulfone groups is 1. The van der Waals surface area contributed by atoms with E-state index in [0.717, 1.165) is 0 Å². The summed E-state index contributed by atoms with van der Waals surface area (Å²) >= 11 is 0. The summed E-state index contributed by atoms with van der Waals surface area (Å²) in [6.07, 6.45) is 0. The Balaban J connectivity index is 2.33. The van der Waals surface area contributed by atoms with Crippen molar-refractivity contribution in [1.82, 2.24) is 15.0 Å². The zero-order valence-electron chi connectivity index (χ0n) is 11.2. The summed E-state index contributed by atoms with van der Waals surface area (Å²) < 4.78 is 24.7. The number of nitrogens with zero attached hydrogens (tertiary/aromatic N) is 3. The molecule has 0 aliphatic rings. The molecule has 1 aromatic carbocycles. The van der Waals surface area contributed by atoms with Crippen molar-refractivity contribution in [2.24, 2.45) is 0 Å². The second-order valence-corrected chi connectivity index (χ2v) is 6.54. The number of carboxylic acids is 1. The van der Waals surface area contributed by atoms with Crippen molar-refractivity contribution in [3.63, 3.8) is 0 Å². The number of carbonyl (C=O) groups is 1. The Bertz CT molecular complexity index is 782. The standard InChI is InChI=1S/C12H14N4O4S/c1-2-21(19,20)11-10(13)16(15-14-11)7-8-4-3-5-9(6-8)12(17)18/h3-6H,2,7,13H2,1H3,(H,17,18). The van der Waals surface area contributed by atoms with Gasteiger partial charge in [0.1, 0.15) is 0 Å². The molecule has 0 radical (unpaired) electrons. The number of rotatable bonds is 5. The molecule has 0 amide bonds. The van der Waals surface area contributed by atoms with Crippen LogP contribution < -0.4 is 5.73 Å². The van der Waals surface area contributed by atoms with E-state index in [1.807, 2.05) is 0 Å². The van der Waals surface area contributed by atoms with E-state index in [2.05, 4.69) is 10.3 Å². The summed E-state index contributed by atoms with van der Waals surface area (Å²) in [4.78, 5) is 10.9. The lowest BCUT2D eigenvalue weighted by molar-refractivity contribution is 0.0696. The fourth-order valence-corrected chi connectivity index (χ4v) is 2.61. The van der Waals surface area contributed by atoms with E-state index >= 15 is 0 Å². The van der Waals surface area contributed by atoms with Crippen molar-refractivity contribution in [3.8, 4) is 0 Å². The maximum atomic E-state index is 11.8. The summed E-state index contributed by atoms with van der Waals surface area (Å²) in [5.74, 6) is -1.22. The number of aromatic nitrogens is 3. The predicted molar refractivity (Wildman–Crippen MR) is 74.7 cm³/mol. The topological polar surface area (TPSA) is 128 Å². The van der Waals surface area contributed by atoms with Crippen molar-refractivity contribution >= 4 is 21.6 Å². The fourth-order valence-electron chi connectivity index (χ4n) is 1.76. The number of nitrogen functional groups attached to an aromatic ring is 1. The van der Waals surface area contributed by atoms with Gasteiger partial charge in [-0.05, 0) is 17.7 Å². The maximum absolute atomic E-state index is 11.8. The van der Waals surface area contributed by atoms with Crippen LogP contribution in [0.5, 0.6) is 0 Å². The van der Waals surface area contributed by atoms with E-state index in [4.69, 9.17) is 10.8 Å². The van der Waals surface area contributed by atoms with Crippen LogP contribution in [0.2, 0.25) is 0 Å². The first-order valence-electron chi connectivity index (χ1n) is 6.09. The van der Waals surface area contributed by atoms with Gasteiger partial charge in [0, 0.05) is 0 Å². The third-order valence-corrected chi connectivity index (χ3v) is 4.56. The normalized spacial score (nSPS) is 11.5. The molecule has 2 rings (SSSR count). The minimum atomic E-state index is -3.54. The van der Waals surface area contributed by atoms with Gasteiger partial charge in [0.05, 0.1) is 17.9 Å². The maximum Gasteiger partial charge on any atom is 0.335 e. The Kier molecular flexibility index (Phi) is 3.94. The van der Waals surface area contributed by atoms with Gasteiger partial charge in [-0.15, -0.1) is 5.10 Å². The van der Waals surface area contributed by atoms with E-state index in [-0.39, 0.29) is 28.7 Å². The van der Waals surface area contributed by atoms with Crippen LogP contribution in [0.4, 0.5) is 5.82 Å². The smallest absolute Gasteiger partial charge is 0.335 e. The highest BCUT2D eigenvalue weighted by atomic mass is 32.2. The first-order chi connectivity index (χ1) is 9.85. The van der Waals surface area contributed by atoms with Crippen LogP contribution in [-0.2, 0) is 16.4 Å². The van der Waals surface area contributed by atoms with Crippen molar-refractivity contribution in [3.05, 3.63) is 35.4 Å². The van der Waals surface area contributed by atoms with Gasteiger partial charge < -0.3 is 10.8 Å². The first kappa shape index (κ1) is 15.0. The number of anilines is 1. The third-order valence-electron chi connectivity index (χ3n) is 2.92. The Hall–Kier alpha value is -2.42. The van der Waals surface area contributed by atoms with Gasteiger partial charge in [-0.25, -0.2) is 17.9 Å². The molecule has 1 aromatic heterocycles. The van der Waals surface area contributed by atoms with Crippen LogP contribution >= 0.6 is 0 Å². The van der Waals surface area contributed by atoms with Crippen LogP contribution in [0.25, 0.3) is 0 Å². The van der Waals surface area contributed by atoms with Crippen molar-refractivity contribution in [2.75, 3.05) is 11.5 Å². The van der Waals surface area contributed by atoms with Crippen molar-refractivity contribution in [1.29, 1.82) is 0 Å². The fraction of sp³-hybridized carbons (Fsp3) is 0.250. The molecule has 2 aromatic rings. The van der Waals surface area contributed by atoms with E-state index in [0.29, 0.717) is 5.56 Å². The summed E-state index contributed by atoms with van der Waals surface area (Å²) in [6.45, 7) is 1.63. The lowest BCUT2D eigenvalue weighted by atomic mass is 10.1. The van der Waals surface area contributed by atoms with Crippen LogP contribution in [0.1, 0.15) is 22.8 Å². The minimum absolute atomic E-state index is 0.0578. The molecule has 0 atom stereocenters. The molecule has 8 nitrogen and oxygen atoms in total. The second kappa shape index (κ2) is 5.52. The highest BCUT2D eigenvalue weighted by molar-refractivity contribution is 7.91. The second-order valence-electron chi connectivity index (χ2n) is 4.35. The summed E-state index contributed by atoms with van der Waals surface area (Å²) in [5.41, 5.74) is 6.52. The first-order valence-corrected chi connectivity index (χ1v) is 7.74. The quantitative estimate of drug-likeness (QED) is 0.817. The highest BCUT2D eigenvalue weighted by Crippen LogP contribution is 2.17. The number of hydrogen-bond donors (Lipinski definition) is 2. The zero-order chi connectivity index (χ0) is 15.6. The number of benzene rings is 1. The number of hydrogen-bond acceptors (Lipinski definition) is 6. The summed E-state index contributed by atoms with van der Waals surface area (Å²) in [6, 6.07) is 6.22. The molecule has 112 valence electrons. The largest absolute Gasteiger partial charge is 0.478 e. The number of aromatic carboxylic acids is 1. The molecule has 3 N–H and O–H groups in total. The van der Waals surface area contributed by atoms with Gasteiger partial charge in [0.25, 0.3) is 0 Å². The summed E-state index contributed by atoms with van der Waals surface area (Å²) in [5, 5.41) is 16.0. The van der Waals surface area contributed by atoms with Gasteiger partial charge in [-0.1, -0.05) is 24.3 Å². The van der Waals surface area contributed by atoms with Gasteiger partial charge in [-0.3, -0.25) is 0 Å². The summed E-state index contributed by atoms with van der Waals surface area (Å²) in [7, 11) is -3.54. The number of carboxylic acid groups (broad SMARTS) is 1. The van der Waals surface area contributed by atoms with Crippen molar-refractivity contribution < 1.29 is 18.3 Å². The van der Waals surface area contributed by atoms with E-state index in [9.17, 15) is 13.2 Å². The van der Waals surface area contributed by atoms with Gasteiger partial charge in [0.15, 0.2) is 5.82 Å². The molecule has 0 aliphatic heterocycles. The SMILES string of the molecule is CCS(=O)(=O)c1nnn(Cc2cccc(C(=O)O)c2)c1N. The Morgan fingerprint density at radius 3 is 2.76 bits per heavy atom. The van der Waals surface area contributed by atoms with E-state index < -0.39 is 15.8 Å². The molecular formula is C12H14N4O4S. The Morgan fingerprint density at radius 1 is 1.43 bits per heavy atom. The molecular weight excluding hydrogens is 296 g/mol. The molecule has 0 aliphatic carbocycles. The van der Waals surface area contributed by atoms with Gasteiger partial charge >= 0.3 is 5.97 Å². The van der Waals surface area contributed by atoms with Crippen LogP contribution in [-0.4, -0.2) is 40.2 Å². The lowest BCUT2D eigenvalue weighted by Gasteiger charge is -2.05. The molecule has 0 spiro atoms. The van der Waals surface area contributed by atoms with Crippen LogP contribution in [0.15, 0.2) is 29.3 Å². The average Bonchev–Trinajstić information content (AvgIpc) is 2.81. The van der Waals surface area contributed by atoms with Gasteiger partial charge in [-0.2, -0.15) is 0 Å². The molecule has 0 bridgehead atoms. The molecule has 0 saturated carbocycles.